The van der Waals surface area contributed by atoms with Crippen LogP contribution in [0, 0.1) is 46.8 Å². The lowest BCUT2D eigenvalue weighted by atomic mass is 9.71. The second-order valence-corrected chi connectivity index (χ2v) is 16.4. The molecule has 7 saturated carbocycles. The van der Waals surface area contributed by atoms with Gasteiger partial charge in [-0.25, -0.2) is 0 Å². The first-order chi connectivity index (χ1) is 18.9. The highest BCUT2D eigenvalue weighted by molar-refractivity contribution is 5.23. The third-order valence-corrected chi connectivity index (χ3v) is 14.1. The molecule has 4 heterocycles. The van der Waals surface area contributed by atoms with Crippen molar-refractivity contribution in [2.75, 3.05) is 0 Å². The largest absolute Gasteiger partial charge is 0.370 e. The molecule has 220 valence electrons. The van der Waals surface area contributed by atoms with Crippen molar-refractivity contribution in [1.82, 2.24) is 0 Å². The molecule has 0 aromatic heterocycles. The van der Waals surface area contributed by atoms with Gasteiger partial charge in [-0.3, -0.25) is 0 Å². The highest BCUT2D eigenvalue weighted by Gasteiger charge is 2.75. The molecular weight excluding hydrogens is 484 g/mol. The Bertz CT molecular complexity index is 904. The Morgan fingerprint density at radius 1 is 0.615 bits per heavy atom. The fourth-order valence-electron chi connectivity index (χ4n) is 11.5. The average Bonchev–Trinajstić information content (AvgIpc) is 3.84. The molecule has 11 rings (SSSR count). The van der Waals surface area contributed by atoms with Crippen LogP contribution in [0.5, 0.6) is 0 Å². The molecule has 0 aromatic carbocycles. The van der Waals surface area contributed by atoms with Crippen molar-refractivity contribution in [2.24, 2.45) is 46.8 Å². The molecule has 7 aliphatic carbocycles. The van der Waals surface area contributed by atoms with Gasteiger partial charge in [0, 0.05) is 0 Å². The molecule has 15 atom stereocenters. The zero-order chi connectivity index (χ0) is 26.5. The quantitative estimate of drug-likeness (QED) is 0.320. The average molecular weight is 541 g/mol. The van der Waals surface area contributed by atoms with Crippen LogP contribution in [0.25, 0.3) is 0 Å². The molecule has 0 N–H and O–H groups in total. The van der Waals surface area contributed by atoms with E-state index in [2.05, 4.69) is 27.7 Å². The van der Waals surface area contributed by atoms with E-state index in [9.17, 15) is 0 Å². The van der Waals surface area contributed by atoms with E-state index in [4.69, 9.17) is 18.9 Å². The van der Waals surface area contributed by atoms with Crippen LogP contribution in [0.2, 0.25) is 0 Å². The maximum absolute atomic E-state index is 5.76. The summed E-state index contributed by atoms with van der Waals surface area (Å²) in [6.45, 7) is 9.45. The van der Waals surface area contributed by atoms with E-state index in [0.717, 1.165) is 53.6 Å². The maximum Gasteiger partial charge on any atom is 0.0956 e. The van der Waals surface area contributed by atoms with E-state index in [1.165, 1.54) is 96.3 Å². The second kappa shape index (κ2) is 9.68. The zero-order valence-corrected chi connectivity index (χ0v) is 25.3. The number of hydrogen-bond acceptors (Lipinski definition) is 4. The van der Waals surface area contributed by atoms with Gasteiger partial charge in [-0.1, -0.05) is 46.5 Å². The number of rotatable bonds is 1. The van der Waals surface area contributed by atoms with Crippen LogP contribution >= 0.6 is 0 Å². The van der Waals surface area contributed by atoms with Crippen LogP contribution in [0.15, 0.2) is 0 Å². The standard InChI is InChI=1S/2C10H16O.C8H14O.C7H10O/c1-9(2)6-4-5-7(9)10(3)8(6)11-10;1-2-4-8-7(3-1)5-6-9-10(8)11-9;1-2-6-3-4-7-8(5-6)9-7;1-2-5-3-4(1)6-7(5)8-6/h6-8H,4-5H2,1-3H3;7-10H,1-6H2;6-8H,2-5H2,1H3;4-7H,1-3H2. The second-order valence-electron chi connectivity index (χ2n) is 16.4. The molecule has 0 spiro atoms. The van der Waals surface area contributed by atoms with Gasteiger partial charge in [0.15, 0.2) is 0 Å². The number of epoxide rings is 4. The molecule has 0 radical (unpaired) electrons. The van der Waals surface area contributed by atoms with E-state index < -0.39 is 0 Å². The summed E-state index contributed by atoms with van der Waals surface area (Å²) < 4.78 is 22.3. The summed E-state index contributed by atoms with van der Waals surface area (Å²) in [6, 6.07) is 0. The van der Waals surface area contributed by atoms with Crippen molar-refractivity contribution in [2.45, 2.75) is 172 Å². The lowest BCUT2D eigenvalue weighted by Gasteiger charge is -2.32. The molecule has 4 bridgehead atoms. The predicted molar refractivity (Wildman–Crippen MR) is 152 cm³/mol. The number of fused-ring (bicyclic) bond motifs is 14. The van der Waals surface area contributed by atoms with Crippen LogP contribution in [0.1, 0.15) is 124 Å². The molecule has 4 nitrogen and oxygen atoms in total. The normalized spacial score (nSPS) is 57.8. The summed E-state index contributed by atoms with van der Waals surface area (Å²) in [4.78, 5) is 0. The Morgan fingerprint density at radius 2 is 1.36 bits per heavy atom. The van der Waals surface area contributed by atoms with E-state index >= 15 is 0 Å². The minimum absolute atomic E-state index is 0.312. The molecule has 15 unspecified atom stereocenters. The van der Waals surface area contributed by atoms with Crippen LogP contribution in [0.4, 0.5) is 0 Å². The highest BCUT2D eigenvalue weighted by Crippen LogP contribution is 2.71. The molecule has 39 heavy (non-hydrogen) atoms. The van der Waals surface area contributed by atoms with E-state index in [1.807, 2.05) is 0 Å². The minimum atomic E-state index is 0.312. The molecule has 4 saturated heterocycles. The van der Waals surface area contributed by atoms with Gasteiger partial charge in [0.2, 0.25) is 0 Å². The summed E-state index contributed by atoms with van der Waals surface area (Å²) in [5.74, 6) is 6.71. The zero-order valence-electron chi connectivity index (χ0n) is 25.3. The smallest absolute Gasteiger partial charge is 0.0956 e. The Labute approximate surface area is 238 Å². The Morgan fingerprint density at radius 3 is 1.97 bits per heavy atom. The lowest BCUT2D eigenvalue weighted by molar-refractivity contribution is 0.0913. The molecule has 0 amide bonds. The molecule has 4 aliphatic heterocycles. The van der Waals surface area contributed by atoms with Crippen LogP contribution in [-0.2, 0) is 18.9 Å². The van der Waals surface area contributed by atoms with Gasteiger partial charge in [-0.05, 0) is 124 Å². The maximum atomic E-state index is 5.76. The van der Waals surface area contributed by atoms with Gasteiger partial charge in [-0.2, -0.15) is 0 Å². The molecule has 11 fully saturated rings. The van der Waals surface area contributed by atoms with Gasteiger partial charge in [0.05, 0.1) is 48.3 Å². The van der Waals surface area contributed by atoms with Gasteiger partial charge in [-0.15, -0.1) is 0 Å². The monoisotopic (exact) mass is 540 g/mol. The fraction of sp³-hybridized carbons (Fsp3) is 1.00. The molecular formula is C35H56O4. The summed E-state index contributed by atoms with van der Waals surface area (Å²) in [7, 11) is 0. The van der Waals surface area contributed by atoms with E-state index in [0.29, 0.717) is 41.5 Å². The van der Waals surface area contributed by atoms with Crippen LogP contribution < -0.4 is 0 Å². The van der Waals surface area contributed by atoms with Crippen molar-refractivity contribution >= 4 is 0 Å². The third-order valence-electron chi connectivity index (χ3n) is 14.1. The lowest BCUT2D eigenvalue weighted by Crippen LogP contribution is -2.29. The third kappa shape index (κ3) is 4.69. The predicted octanol–water partition coefficient (Wildman–Crippen LogP) is 7.71. The van der Waals surface area contributed by atoms with Crippen molar-refractivity contribution in [1.29, 1.82) is 0 Å². The van der Waals surface area contributed by atoms with Gasteiger partial charge >= 0.3 is 0 Å². The van der Waals surface area contributed by atoms with Gasteiger partial charge in [0.25, 0.3) is 0 Å². The highest BCUT2D eigenvalue weighted by atomic mass is 16.6. The topological polar surface area (TPSA) is 50.1 Å². The fourth-order valence-corrected chi connectivity index (χ4v) is 11.5. The Balaban J connectivity index is 0.0000000810. The van der Waals surface area contributed by atoms with Gasteiger partial charge < -0.3 is 18.9 Å². The summed E-state index contributed by atoms with van der Waals surface area (Å²) in [5, 5.41) is 0. The first kappa shape index (κ1) is 26.5. The SMILES string of the molecule is C1CC2CC1C1OC21.C1CCC2C(C1)CCC1OC12.CC1(C)C2CCC1C1(C)OC21.CCC1CCC2OC2C1. The summed E-state index contributed by atoms with van der Waals surface area (Å²) >= 11 is 0. The molecule has 11 aliphatic rings. The van der Waals surface area contributed by atoms with Crippen molar-refractivity contribution in [3.63, 3.8) is 0 Å². The first-order valence-corrected chi connectivity index (χ1v) is 17.5. The Hall–Kier alpha value is -0.160. The van der Waals surface area contributed by atoms with E-state index in [1.54, 1.807) is 0 Å². The molecule has 0 aromatic rings. The summed E-state index contributed by atoms with van der Waals surface area (Å²) in [5.41, 5.74) is 0.893. The number of hydrogen-bond donors (Lipinski definition) is 0. The van der Waals surface area contributed by atoms with E-state index in [-0.39, 0.29) is 0 Å². The van der Waals surface area contributed by atoms with Crippen molar-refractivity contribution in [3.8, 4) is 0 Å². The Kier molecular flexibility index (Phi) is 6.57. The van der Waals surface area contributed by atoms with Gasteiger partial charge in [0.1, 0.15) is 0 Å². The van der Waals surface area contributed by atoms with Crippen LogP contribution in [-0.4, -0.2) is 48.3 Å². The summed E-state index contributed by atoms with van der Waals surface area (Å²) in [6.07, 6.45) is 26.4. The first-order valence-electron chi connectivity index (χ1n) is 17.5. The molecule has 4 heteroatoms. The van der Waals surface area contributed by atoms with Crippen molar-refractivity contribution in [3.05, 3.63) is 0 Å². The van der Waals surface area contributed by atoms with Crippen LogP contribution in [0.3, 0.4) is 0 Å². The minimum Gasteiger partial charge on any atom is -0.370 e. The van der Waals surface area contributed by atoms with Crippen molar-refractivity contribution < 1.29 is 18.9 Å². The number of ether oxygens (including phenoxy) is 4.